The number of aliphatic hydroxyl groups is 2. The molecule has 0 aromatic carbocycles. The van der Waals surface area contributed by atoms with Crippen LogP contribution < -0.4 is 5.73 Å². The molecule has 1 aliphatic rings. The van der Waals surface area contributed by atoms with Gasteiger partial charge in [-0.15, -0.1) is 0 Å². The molecule has 4 N–H and O–H groups in total. The molecular weight excluding hydrogens is 262 g/mol. The van der Waals surface area contributed by atoms with Crippen molar-refractivity contribution in [1.29, 1.82) is 0 Å². The van der Waals surface area contributed by atoms with Crippen LogP contribution in [0.15, 0.2) is 18.6 Å². The van der Waals surface area contributed by atoms with Crippen LogP contribution in [-0.4, -0.2) is 43.2 Å². The summed E-state index contributed by atoms with van der Waals surface area (Å²) in [5.41, 5.74) is 4.71. The highest BCUT2D eigenvalue weighted by Gasteiger charge is 2.55. The molecule has 0 unspecified atom stereocenters. The van der Waals surface area contributed by atoms with Crippen molar-refractivity contribution in [1.82, 2.24) is 14.5 Å². The lowest BCUT2D eigenvalue weighted by atomic mass is 10.1. The van der Waals surface area contributed by atoms with Crippen LogP contribution in [0.2, 0.25) is 0 Å². The molecule has 2 aromatic heterocycles. The Morgan fingerprint density at radius 1 is 1.60 bits per heavy atom. The smallest absolute Gasteiger partial charge is 0.385 e. The summed E-state index contributed by atoms with van der Waals surface area (Å²) in [6.07, 6.45) is 1.60. The second-order valence-corrected chi connectivity index (χ2v) is 4.66. The summed E-state index contributed by atoms with van der Waals surface area (Å²) in [6, 6.07) is 1.75. The topological polar surface area (TPSA) is 111 Å². The molecular formula is C12H13N5O3. The summed E-state index contributed by atoms with van der Waals surface area (Å²) in [5.74, 6) is 0.353. The first-order valence-corrected chi connectivity index (χ1v) is 6.03. The molecule has 2 aromatic rings. The summed E-state index contributed by atoms with van der Waals surface area (Å²) >= 11 is 0. The molecule has 0 aliphatic carbocycles. The zero-order chi connectivity index (χ0) is 14.3. The average molecular weight is 275 g/mol. The van der Waals surface area contributed by atoms with E-state index in [1.807, 2.05) is 0 Å². The number of rotatable bonds is 2. The first-order valence-electron chi connectivity index (χ1n) is 6.03. The SMILES string of the molecule is [C-]#[N+][C@]1(CO)O[C@@H](n2ccc3c(N)ncnc32)C[C@@H]1O. The Morgan fingerprint density at radius 2 is 2.40 bits per heavy atom. The summed E-state index contributed by atoms with van der Waals surface area (Å²) in [4.78, 5) is 11.3. The third-order valence-corrected chi connectivity index (χ3v) is 3.55. The summed E-state index contributed by atoms with van der Waals surface area (Å²) in [6.45, 7) is 6.55. The van der Waals surface area contributed by atoms with Crippen molar-refractivity contribution < 1.29 is 14.9 Å². The van der Waals surface area contributed by atoms with Gasteiger partial charge in [0, 0.05) is 12.6 Å². The third kappa shape index (κ3) is 1.65. The van der Waals surface area contributed by atoms with Crippen LogP contribution in [0.4, 0.5) is 5.82 Å². The molecule has 0 bridgehead atoms. The maximum atomic E-state index is 9.97. The predicted molar refractivity (Wildman–Crippen MR) is 69.1 cm³/mol. The minimum absolute atomic E-state index is 0.191. The van der Waals surface area contributed by atoms with E-state index in [9.17, 15) is 10.2 Å². The molecule has 0 saturated carbocycles. The number of hydrogen-bond acceptors (Lipinski definition) is 6. The Morgan fingerprint density at radius 3 is 3.05 bits per heavy atom. The van der Waals surface area contributed by atoms with Crippen LogP contribution in [0.3, 0.4) is 0 Å². The summed E-state index contributed by atoms with van der Waals surface area (Å²) < 4.78 is 7.24. The molecule has 1 fully saturated rings. The standard InChI is InChI=1S/C12H13N5O3/c1-14-12(5-18)8(19)4-9(20-12)17-3-2-7-10(13)15-6-16-11(7)17/h2-3,6,8-9,18-19H,4-5H2,(H2,13,15,16)/t8-,9+,12+/m0/s1. The fourth-order valence-electron chi connectivity index (χ4n) is 2.41. The van der Waals surface area contributed by atoms with Crippen LogP contribution in [0, 0.1) is 6.57 Å². The second-order valence-electron chi connectivity index (χ2n) is 4.66. The van der Waals surface area contributed by atoms with Gasteiger partial charge < -0.3 is 20.5 Å². The van der Waals surface area contributed by atoms with Gasteiger partial charge in [-0.25, -0.2) is 16.5 Å². The minimum atomic E-state index is -1.61. The lowest BCUT2D eigenvalue weighted by Gasteiger charge is -2.17. The van der Waals surface area contributed by atoms with Crippen molar-refractivity contribution in [2.24, 2.45) is 0 Å². The van der Waals surface area contributed by atoms with Gasteiger partial charge in [0.2, 0.25) is 0 Å². The van der Waals surface area contributed by atoms with Gasteiger partial charge in [0.25, 0.3) is 0 Å². The van der Waals surface area contributed by atoms with Crippen molar-refractivity contribution in [2.45, 2.75) is 24.5 Å². The first-order chi connectivity index (χ1) is 9.61. The molecule has 1 aliphatic heterocycles. The van der Waals surface area contributed by atoms with Crippen LogP contribution in [0.1, 0.15) is 12.6 Å². The zero-order valence-corrected chi connectivity index (χ0v) is 10.5. The van der Waals surface area contributed by atoms with Crippen molar-refractivity contribution in [2.75, 3.05) is 12.3 Å². The molecule has 8 heteroatoms. The minimum Gasteiger partial charge on any atom is -0.385 e. The van der Waals surface area contributed by atoms with E-state index in [1.165, 1.54) is 6.33 Å². The number of aromatic nitrogens is 3. The largest absolute Gasteiger partial charge is 0.387 e. The Bertz CT molecular complexity index is 694. The maximum absolute atomic E-state index is 9.97. The molecule has 8 nitrogen and oxygen atoms in total. The molecule has 3 atom stereocenters. The van der Waals surface area contributed by atoms with E-state index in [1.54, 1.807) is 16.8 Å². The Hall–Kier alpha value is -2.21. The molecule has 0 spiro atoms. The van der Waals surface area contributed by atoms with E-state index in [-0.39, 0.29) is 6.42 Å². The quantitative estimate of drug-likeness (QED) is 0.660. The van der Waals surface area contributed by atoms with Crippen molar-refractivity contribution >= 4 is 16.9 Å². The number of nitrogens with zero attached hydrogens (tertiary/aromatic N) is 4. The molecule has 104 valence electrons. The van der Waals surface area contributed by atoms with E-state index in [2.05, 4.69) is 14.8 Å². The molecule has 3 rings (SSSR count). The van der Waals surface area contributed by atoms with Crippen molar-refractivity contribution in [3.05, 3.63) is 30.0 Å². The van der Waals surface area contributed by atoms with Gasteiger partial charge in [0.05, 0.1) is 5.39 Å². The molecule has 0 radical (unpaired) electrons. The maximum Gasteiger partial charge on any atom is 0.387 e. The average Bonchev–Trinajstić information content (AvgIpc) is 3.01. The number of hydrogen-bond donors (Lipinski definition) is 3. The number of aliphatic hydroxyl groups excluding tert-OH is 2. The molecule has 0 amide bonds. The number of anilines is 1. The third-order valence-electron chi connectivity index (χ3n) is 3.55. The van der Waals surface area contributed by atoms with E-state index in [4.69, 9.17) is 17.0 Å². The Balaban J connectivity index is 2.02. The van der Waals surface area contributed by atoms with Crippen LogP contribution in [-0.2, 0) is 4.74 Å². The number of nitrogens with two attached hydrogens (primary N) is 1. The lowest BCUT2D eigenvalue weighted by molar-refractivity contribution is -0.0971. The van der Waals surface area contributed by atoms with Gasteiger partial charge >= 0.3 is 5.72 Å². The van der Waals surface area contributed by atoms with E-state index < -0.39 is 24.7 Å². The highest BCUT2D eigenvalue weighted by atomic mass is 16.6. The van der Waals surface area contributed by atoms with Gasteiger partial charge in [0.1, 0.15) is 24.0 Å². The monoisotopic (exact) mass is 275 g/mol. The summed E-state index contributed by atoms with van der Waals surface area (Å²) in [7, 11) is 0. The number of ether oxygens (including phenoxy) is 1. The molecule has 1 saturated heterocycles. The Kier molecular flexibility index (Phi) is 2.83. The Labute approximate surface area is 114 Å². The van der Waals surface area contributed by atoms with Gasteiger partial charge in [-0.05, 0) is 6.07 Å². The van der Waals surface area contributed by atoms with Gasteiger partial charge in [0.15, 0.2) is 12.7 Å². The van der Waals surface area contributed by atoms with Crippen LogP contribution in [0.5, 0.6) is 0 Å². The predicted octanol–water partition coefficient (Wildman–Crippen LogP) is -0.0988. The van der Waals surface area contributed by atoms with Crippen molar-refractivity contribution in [3.8, 4) is 0 Å². The van der Waals surface area contributed by atoms with Gasteiger partial charge in [-0.1, -0.05) is 0 Å². The normalized spacial score (nSPS) is 29.6. The number of fused-ring (bicyclic) bond motifs is 1. The van der Waals surface area contributed by atoms with E-state index in [0.717, 1.165) is 0 Å². The zero-order valence-electron chi connectivity index (χ0n) is 10.5. The molecule has 20 heavy (non-hydrogen) atoms. The lowest BCUT2D eigenvalue weighted by Crippen LogP contribution is -2.39. The van der Waals surface area contributed by atoms with Crippen LogP contribution in [0.25, 0.3) is 15.9 Å². The van der Waals surface area contributed by atoms with Gasteiger partial charge in [-0.2, -0.15) is 0 Å². The van der Waals surface area contributed by atoms with Gasteiger partial charge in [-0.3, -0.25) is 9.58 Å². The van der Waals surface area contributed by atoms with E-state index in [0.29, 0.717) is 16.9 Å². The fraction of sp³-hybridized carbons (Fsp3) is 0.417. The van der Waals surface area contributed by atoms with E-state index >= 15 is 0 Å². The fourth-order valence-corrected chi connectivity index (χ4v) is 2.41. The second kappa shape index (κ2) is 4.42. The van der Waals surface area contributed by atoms with Crippen LogP contribution >= 0.6 is 0 Å². The highest BCUT2D eigenvalue weighted by Crippen LogP contribution is 2.39. The van der Waals surface area contributed by atoms with Crippen molar-refractivity contribution in [3.63, 3.8) is 0 Å². The molecule has 3 heterocycles. The first kappa shape index (κ1) is 12.8. The summed E-state index contributed by atoms with van der Waals surface area (Å²) in [5, 5.41) is 19.9. The highest BCUT2D eigenvalue weighted by molar-refractivity contribution is 5.86. The number of nitrogen functional groups attached to an aromatic ring is 1.